The lowest BCUT2D eigenvalue weighted by Gasteiger charge is -2.70. The molecule has 102 valence electrons. The highest BCUT2D eigenvalue weighted by Crippen LogP contribution is 2.79. The van der Waals surface area contributed by atoms with Crippen molar-refractivity contribution in [2.24, 2.45) is 22.7 Å². The summed E-state index contributed by atoms with van der Waals surface area (Å²) in [5.74, 6) is 1.05. The van der Waals surface area contributed by atoms with Crippen molar-refractivity contribution in [3.05, 3.63) is 0 Å². The Morgan fingerprint density at radius 3 is 2.11 bits per heavy atom. The van der Waals surface area contributed by atoms with Crippen LogP contribution in [0.3, 0.4) is 0 Å². The van der Waals surface area contributed by atoms with Crippen LogP contribution in [-0.4, -0.2) is 30.1 Å². The highest BCUT2D eigenvalue weighted by Gasteiger charge is 2.81. The van der Waals surface area contributed by atoms with Crippen molar-refractivity contribution < 1.29 is 18.0 Å². The molecule has 5 heteroatoms. The van der Waals surface area contributed by atoms with Gasteiger partial charge in [-0.2, -0.15) is 13.2 Å². The third kappa shape index (κ3) is 1.33. The van der Waals surface area contributed by atoms with E-state index in [1.807, 2.05) is 0 Å². The molecule has 4 aliphatic rings. The molecule has 2 bridgehead atoms. The third-order valence-corrected chi connectivity index (χ3v) is 5.23. The zero-order valence-electron chi connectivity index (χ0n) is 10.7. The summed E-state index contributed by atoms with van der Waals surface area (Å²) in [5.41, 5.74) is -2.15. The van der Waals surface area contributed by atoms with E-state index >= 15 is 0 Å². The number of carbonyl (C=O) groups is 1. The van der Waals surface area contributed by atoms with Crippen molar-refractivity contribution in [1.82, 2.24) is 4.90 Å². The first-order valence-electron chi connectivity index (χ1n) is 6.55. The molecule has 4 fully saturated rings. The minimum atomic E-state index is -4.12. The first kappa shape index (κ1) is 12.3. The summed E-state index contributed by atoms with van der Waals surface area (Å²) < 4.78 is 38.1. The van der Waals surface area contributed by atoms with E-state index in [-0.39, 0.29) is 25.2 Å². The Morgan fingerprint density at radius 1 is 1.22 bits per heavy atom. The number of nitrogens with zero attached hydrogens (tertiary/aromatic N) is 1. The van der Waals surface area contributed by atoms with E-state index in [9.17, 15) is 18.0 Å². The number of carbonyl (C=O) groups excluding carboxylic acids is 1. The van der Waals surface area contributed by atoms with E-state index in [4.69, 9.17) is 0 Å². The fraction of sp³-hybridized carbons (Fsp3) is 0.923. The van der Waals surface area contributed by atoms with Crippen LogP contribution < -0.4 is 0 Å². The van der Waals surface area contributed by atoms with Gasteiger partial charge in [-0.3, -0.25) is 4.79 Å². The number of rotatable bonds is 2. The average molecular weight is 261 g/mol. The molecule has 1 aliphatic heterocycles. The molecule has 0 radical (unpaired) electrons. The van der Waals surface area contributed by atoms with Crippen LogP contribution in [0.2, 0.25) is 0 Å². The Kier molecular flexibility index (Phi) is 2.20. The molecular formula is C13H18F3NO. The van der Waals surface area contributed by atoms with Crippen LogP contribution in [0.15, 0.2) is 0 Å². The zero-order valence-corrected chi connectivity index (χ0v) is 10.7. The molecule has 0 aromatic carbocycles. The standard InChI is InChI=1S/C13H18F3NO/c1-8(2)9-3-17(4-9)10(18)11-5-12(6-11,7-11)13(14,15)16/h8-9H,3-7H2,1-2H3. The SMILES string of the molecule is CC(C)C1CN(C(=O)C23CC(C(F)(F)F)(C2)C3)C1. The fourth-order valence-electron chi connectivity index (χ4n) is 3.75. The lowest BCUT2D eigenvalue weighted by molar-refractivity contribution is -0.353. The second-order valence-corrected chi connectivity index (χ2v) is 6.80. The Hall–Kier alpha value is -0.740. The molecule has 0 spiro atoms. The van der Waals surface area contributed by atoms with Crippen LogP contribution in [0, 0.1) is 22.7 Å². The predicted molar refractivity (Wildman–Crippen MR) is 59.7 cm³/mol. The van der Waals surface area contributed by atoms with Crippen molar-refractivity contribution in [3.8, 4) is 0 Å². The summed E-state index contributed by atoms with van der Waals surface area (Å²) in [6.07, 6.45) is -4.02. The van der Waals surface area contributed by atoms with Gasteiger partial charge in [0, 0.05) is 13.1 Å². The minimum Gasteiger partial charge on any atom is -0.342 e. The van der Waals surface area contributed by atoms with Gasteiger partial charge in [0.1, 0.15) is 0 Å². The number of halogens is 3. The Balaban J connectivity index is 1.57. The van der Waals surface area contributed by atoms with Crippen LogP contribution in [0.25, 0.3) is 0 Å². The number of hydrogen-bond donors (Lipinski definition) is 0. The smallest absolute Gasteiger partial charge is 0.342 e. The van der Waals surface area contributed by atoms with Crippen molar-refractivity contribution >= 4 is 5.91 Å². The number of alkyl halides is 3. The largest absolute Gasteiger partial charge is 0.394 e. The molecule has 0 atom stereocenters. The normalized spacial score (nSPS) is 39.1. The van der Waals surface area contributed by atoms with Crippen molar-refractivity contribution in [1.29, 1.82) is 0 Å². The van der Waals surface area contributed by atoms with E-state index in [1.165, 1.54) is 0 Å². The molecule has 4 rings (SSSR count). The molecule has 2 nitrogen and oxygen atoms in total. The molecule has 3 saturated carbocycles. The van der Waals surface area contributed by atoms with Gasteiger partial charge in [0.05, 0.1) is 10.8 Å². The van der Waals surface area contributed by atoms with Gasteiger partial charge in [-0.15, -0.1) is 0 Å². The predicted octanol–water partition coefficient (Wildman–Crippen LogP) is 2.83. The van der Waals surface area contributed by atoms with Gasteiger partial charge in [0.2, 0.25) is 5.91 Å². The molecule has 1 heterocycles. The van der Waals surface area contributed by atoms with Gasteiger partial charge in [-0.1, -0.05) is 13.8 Å². The quantitative estimate of drug-likeness (QED) is 0.748. The molecule has 1 amide bonds. The van der Waals surface area contributed by atoms with E-state index in [0.717, 1.165) is 13.1 Å². The van der Waals surface area contributed by atoms with Gasteiger partial charge in [0.15, 0.2) is 0 Å². The second kappa shape index (κ2) is 3.23. The van der Waals surface area contributed by atoms with E-state index < -0.39 is 17.0 Å². The Morgan fingerprint density at radius 2 is 1.72 bits per heavy atom. The summed E-state index contributed by atoms with van der Waals surface area (Å²) in [4.78, 5) is 13.9. The second-order valence-electron chi connectivity index (χ2n) is 6.80. The number of hydrogen-bond acceptors (Lipinski definition) is 1. The Bertz CT molecular complexity index is 376. The molecular weight excluding hydrogens is 243 g/mol. The van der Waals surface area contributed by atoms with E-state index in [1.54, 1.807) is 4.90 Å². The van der Waals surface area contributed by atoms with Crippen LogP contribution in [0.4, 0.5) is 13.2 Å². The molecule has 3 aliphatic carbocycles. The van der Waals surface area contributed by atoms with Gasteiger partial charge in [-0.05, 0) is 31.1 Å². The summed E-state index contributed by atoms with van der Waals surface area (Å²) in [7, 11) is 0. The third-order valence-electron chi connectivity index (χ3n) is 5.23. The maximum atomic E-state index is 12.7. The van der Waals surface area contributed by atoms with Crippen molar-refractivity contribution in [2.45, 2.75) is 39.3 Å². The van der Waals surface area contributed by atoms with E-state index in [0.29, 0.717) is 11.8 Å². The monoisotopic (exact) mass is 261 g/mol. The molecule has 18 heavy (non-hydrogen) atoms. The van der Waals surface area contributed by atoms with Crippen molar-refractivity contribution in [2.75, 3.05) is 13.1 Å². The number of amides is 1. The van der Waals surface area contributed by atoms with Gasteiger partial charge in [0.25, 0.3) is 0 Å². The summed E-state index contributed by atoms with van der Waals surface area (Å²) in [5, 5.41) is 0. The van der Waals surface area contributed by atoms with E-state index in [2.05, 4.69) is 13.8 Å². The van der Waals surface area contributed by atoms with Crippen LogP contribution in [-0.2, 0) is 4.79 Å². The summed E-state index contributed by atoms with van der Waals surface area (Å²) in [6.45, 7) is 5.70. The topological polar surface area (TPSA) is 20.3 Å². The minimum absolute atomic E-state index is 0.0227. The highest BCUT2D eigenvalue weighted by atomic mass is 19.4. The highest BCUT2D eigenvalue weighted by molar-refractivity contribution is 5.87. The van der Waals surface area contributed by atoms with Gasteiger partial charge < -0.3 is 4.90 Å². The molecule has 1 saturated heterocycles. The van der Waals surface area contributed by atoms with Crippen LogP contribution >= 0.6 is 0 Å². The van der Waals surface area contributed by atoms with Crippen LogP contribution in [0.1, 0.15) is 33.1 Å². The van der Waals surface area contributed by atoms with Gasteiger partial charge in [-0.25, -0.2) is 0 Å². The summed E-state index contributed by atoms with van der Waals surface area (Å²) >= 11 is 0. The lowest BCUT2D eigenvalue weighted by Crippen LogP contribution is -2.74. The van der Waals surface area contributed by atoms with Crippen LogP contribution in [0.5, 0.6) is 0 Å². The van der Waals surface area contributed by atoms with Crippen molar-refractivity contribution in [3.63, 3.8) is 0 Å². The summed E-state index contributed by atoms with van der Waals surface area (Å²) in [6, 6.07) is 0. The lowest BCUT2D eigenvalue weighted by atomic mass is 9.34. The fourth-order valence-corrected chi connectivity index (χ4v) is 3.75. The first-order chi connectivity index (χ1) is 8.19. The molecule has 0 unspecified atom stereocenters. The zero-order chi connectivity index (χ0) is 13.3. The molecule has 0 N–H and O–H groups in total. The Labute approximate surface area is 105 Å². The van der Waals surface area contributed by atoms with Gasteiger partial charge >= 0.3 is 6.18 Å². The average Bonchev–Trinajstić information content (AvgIpc) is 1.89. The number of likely N-dealkylation sites (tertiary alicyclic amines) is 1. The molecule has 0 aromatic heterocycles. The maximum Gasteiger partial charge on any atom is 0.394 e. The first-order valence-corrected chi connectivity index (χ1v) is 6.55. The maximum absolute atomic E-state index is 12.7. The molecule has 0 aromatic rings.